The van der Waals surface area contributed by atoms with Gasteiger partial charge in [-0.2, -0.15) is 0 Å². The van der Waals surface area contributed by atoms with Crippen molar-refractivity contribution in [3.63, 3.8) is 0 Å². The Labute approximate surface area is 146 Å². The van der Waals surface area contributed by atoms with E-state index in [0.717, 1.165) is 0 Å². The molecule has 1 aliphatic rings. The van der Waals surface area contributed by atoms with E-state index in [4.69, 9.17) is 16.3 Å². The number of pyridine rings is 1. The highest BCUT2D eigenvalue weighted by Gasteiger charge is 2.25. The molecule has 0 bridgehead atoms. The number of amides is 2. The number of aromatic nitrogens is 1. The molecule has 1 aromatic rings. The Bertz CT molecular complexity index is 601. The van der Waals surface area contributed by atoms with Gasteiger partial charge in [-0.25, -0.2) is 9.78 Å². The molecule has 0 saturated carbocycles. The van der Waals surface area contributed by atoms with Crippen molar-refractivity contribution in [1.29, 1.82) is 0 Å². The van der Waals surface area contributed by atoms with E-state index in [1.54, 1.807) is 28.9 Å². The lowest BCUT2D eigenvalue weighted by Crippen LogP contribution is -2.46. The summed E-state index contributed by atoms with van der Waals surface area (Å²) in [6, 6.07) is 3.28. The summed E-state index contributed by atoms with van der Waals surface area (Å²) in [5, 5.41) is 3.28. The maximum atomic E-state index is 12.4. The monoisotopic (exact) mass is 354 g/mol. The molecule has 8 heteroatoms. The second-order valence-electron chi connectivity index (χ2n) is 5.86. The zero-order valence-electron chi connectivity index (χ0n) is 14.2. The summed E-state index contributed by atoms with van der Waals surface area (Å²) in [6.07, 6.45) is 1.10. The highest BCUT2D eigenvalue weighted by Crippen LogP contribution is 2.18. The third-order valence-electron chi connectivity index (χ3n) is 3.86. The van der Waals surface area contributed by atoms with Crippen LogP contribution in [0.3, 0.4) is 0 Å². The van der Waals surface area contributed by atoms with Crippen LogP contribution in [0.15, 0.2) is 12.1 Å². The molecule has 0 aromatic carbocycles. The molecule has 24 heavy (non-hydrogen) atoms. The number of anilines is 1. The number of piperidine rings is 1. The number of ether oxygens (including phenoxy) is 1. The maximum Gasteiger partial charge on any atom is 0.409 e. The SMILES string of the molecule is CCOC(=O)N1CCC(NC(=O)c2cc(Cl)nc(N(C)C)c2)CC1. The fourth-order valence-electron chi connectivity index (χ4n) is 2.53. The minimum absolute atomic E-state index is 0.0259. The average molecular weight is 355 g/mol. The predicted molar refractivity (Wildman–Crippen MR) is 92.7 cm³/mol. The van der Waals surface area contributed by atoms with Crippen molar-refractivity contribution < 1.29 is 14.3 Å². The number of rotatable bonds is 4. The van der Waals surface area contributed by atoms with Crippen LogP contribution in [0.1, 0.15) is 30.1 Å². The molecule has 2 heterocycles. The van der Waals surface area contributed by atoms with E-state index in [9.17, 15) is 9.59 Å². The lowest BCUT2D eigenvalue weighted by molar-refractivity contribution is 0.0860. The summed E-state index contributed by atoms with van der Waals surface area (Å²) in [7, 11) is 3.68. The molecule has 1 saturated heterocycles. The van der Waals surface area contributed by atoms with Crippen LogP contribution in [-0.2, 0) is 4.74 Å². The zero-order chi connectivity index (χ0) is 17.7. The lowest BCUT2D eigenvalue weighted by Gasteiger charge is -2.31. The van der Waals surface area contributed by atoms with E-state index in [2.05, 4.69) is 10.3 Å². The van der Waals surface area contributed by atoms with E-state index in [0.29, 0.717) is 43.9 Å². The van der Waals surface area contributed by atoms with Gasteiger partial charge in [0.25, 0.3) is 5.91 Å². The maximum absolute atomic E-state index is 12.4. The normalized spacial score (nSPS) is 15.1. The molecular formula is C16H23ClN4O3. The Morgan fingerprint density at radius 2 is 2.04 bits per heavy atom. The third kappa shape index (κ3) is 4.74. The summed E-state index contributed by atoms with van der Waals surface area (Å²) < 4.78 is 4.99. The molecule has 0 spiro atoms. The lowest BCUT2D eigenvalue weighted by atomic mass is 10.0. The number of likely N-dealkylation sites (tertiary alicyclic amines) is 1. The highest BCUT2D eigenvalue weighted by molar-refractivity contribution is 6.29. The number of nitrogens with one attached hydrogen (secondary N) is 1. The van der Waals surface area contributed by atoms with Gasteiger partial charge in [0.1, 0.15) is 11.0 Å². The van der Waals surface area contributed by atoms with Gasteiger partial charge < -0.3 is 19.9 Å². The molecule has 7 nitrogen and oxygen atoms in total. The first-order valence-electron chi connectivity index (χ1n) is 7.98. The van der Waals surface area contributed by atoms with Gasteiger partial charge in [0, 0.05) is 38.8 Å². The Balaban J connectivity index is 1.93. The van der Waals surface area contributed by atoms with Crippen molar-refractivity contribution in [3.8, 4) is 0 Å². The van der Waals surface area contributed by atoms with Crippen LogP contribution in [0.2, 0.25) is 5.15 Å². The van der Waals surface area contributed by atoms with Crippen LogP contribution >= 0.6 is 11.6 Å². The molecule has 0 unspecified atom stereocenters. The fraction of sp³-hybridized carbons (Fsp3) is 0.562. The minimum Gasteiger partial charge on any atom is -0.450 e. The third-order valence-corrected chi connectivity index (χ3v) is 4.05. The smallest absolute Gasteiger partial charge is 0.409 e. The molecular weight excluding hydrogens is 332 g/mol. The standard InChI is InChI=1S/C16H23ClN4O3/c1-4-24-16(23)21-7-5-12(6-8-21)18-15(22)11-9-13(17)19-14(10-11)20(2)3/h9-10,12H,4-8H2,1-3H3,(H,18,22). The van der Waals surface area contributed by atoms with Crippen LogP contribution in [0.25, 0.3) is 0 Å². The van der Waals surface area contributed by atoms with Crippen LogP contribution in [0.5, 0.6) is 0 Å². The quantitative estimate of drug-likeness (QED) is 0.838. The Morgan fingerprint density at radius 3 is 2.62 bits per heavy atom. The van der Waals surface area contributed by atoms with Crippen molar-refractivity contribution in [2.75, 3.05) is 38.7 Å². The van der Waals surface area contributed by atoms with Crippen LogP contribution in [-0.4, -0.2) is 61.7 Å². The first-order valence-corrected chi connectivity index (χ1v) is 8.36. The summed E-state index contributed by atoms with van der Waals surface area (Å²) in [6.45, 7) is 3.30. The predicted octanol–water partition coefficient (Wildman–Crippen LogP) is 2.15. The number of hydrogen-bond donors (Lipinski definition) is 1. The van der Waals surface area contributed by atoms with Crippen molar-refractivity contribution in [2.24, 2.45) is 0 Å². The summed E-state index contributed by atoms with van der Waals surface area (Å²) in [5.41, 5.74) is 0.478. The van der Waals surface area contributed by atoms with Crippen LogP contribution in [0.4, 0.5) is 10.6 Å². The minimum atomic E-state index is -0.293. The number of halogens is 1. The van der Waals surface area contributed by atoms with Crippen molar-refractivity contribution in [3.05, 3.63) is 22.8 Å². The van der Waals surface area contributed by atoms with E-state index in [-0.39, 0.29) is 23.2 Å². The first-order chi connectivity index (χ1) is 11.4. The van der Waals surface area contributed by atoms with Gasteiger partial charge in [-0.05, 0) is 31.9 Å². The second-order valence-corrected chi connectivity index (χ2v) is 6.25. The molecule has 132 valence electrons. The molecule has 2 rings (SSSR count). The van der Waals surface area contributed by atoms with Gasteiger partial charge >= 0.3 is 6.09 Å². The first kappa shape index (κ1) is 18.3. The number of carbonyl (C=O) groups excluding carboxylic acids is 2. The van der Waals surface area contributed by atoms with Gasteiger partial charge in [-0.15, -0.1) is 0 Å². The molecule has 0 aliphatic carbocycles. The molecule has 1 aliphatic heterocycles. The largest absolute Gasteiger partial charge is 0.450 e. The summed E-state index contributed by atoms with van der Waals surface area (Å²) in [5.74, 6) is 0.446. The number of nitrogens with zero attached hydrogens (tertiary/aromatic N) is 3. The van der Waals surface area contributed by atoms with Crippen LogP contribution < -0.4 is 10.2 Å². The van der Waals surface area contributed by atoms with Crippen molar-refractivity contribution in [2.45, 2.75) is 25.8 Å². The molecule has 0 radical (unpaired) electrons. The second kappa shape index (κ2) is 8.19. The van der Waals surface area contributed by atoms with E-state index in [1.807, 2.05) is 14.1 Å². The topological polar surface area (TPSA) is 74.8 Å². The Kier molecular flexibility index (Phi) is 6.25. The van der Waals surface area contributed by atoms with Crippen molar-refractivity contribution >= 4 is 29.4 Å². The Hall–Kier alpha value is -2.02. The highest BCUT2D eigenvalue weighted by atomic mass is 35.5. The molecule has 1 N–H and O–H groups in total. The van der Waals surface area contributed by atoms with E-state index >= 15 is 0 Å². The van der Waals surface area contributed by atoms with Gasteiger partial charge in [0.15, 0.2) is 0 Å². The van der Waals surface area contributed by atoms with Crippen molar-refractivity contribution in [1.82, 2.24) is 15.2 Å². The molecule has 0 atom stereocenters. The molecule has 1 aromatic heterocycles. The molecule has 1 fully saturated rings. The van der Waals surface area contributed by atoms with E-state index in [1.165, 1.54) is 0 Å². The van der Waals surface area contributed by atoms with Gasteiger partial charge in [0.2, 0.25) is 0 Å². The number of carbonyl (C=O) groups is 2. The zero-order valence-corrected chi connectivity index (χ0v) is 15.0. The van der Waals surface area contributed by atoms with Gasteiger partial charge in [0.05, 0.1) is 6.61 Å². The van der Waals surface area contributed by atoms with E-state index < -0.39 is 0 Å². The fourth-order valence-corrected chi connectivity index (χ4v) is 2.74. The van der Waals surface area contributed by atoms with Gasteiger partial charge in [-0.1, -0.05) is 11.6 Å². The summed E-state index contributed by atoms with van der Waals surface area (Å²) >= 11 is 5.99. The Morgan fingerprint density at radius 1 is 1.38 bits per heavy atom. The summed E-state index contributed by atoms with van der Waals surface area (Å²) in [4.78, 5) is 31.7. The molecule has 2 amide bonds. The van der Waals surface area contributed by atoms with Gasteiger partial charge in [-0.3, -0.25) is 4.79 Å². The number of hydrogen-bond acceptors (Lipinski definition) is 5. The average Bonchev–Trinajstić information content (AvgIpc) is 2.55. The van der Waals surface area contributed by atoms with Crippen LogP contribution in [0, 0.1) is 0 Å².